The minimum Gasteiger partial charge on any atom is -0.464 e. The molecule has 1 rings (SSSR count). The number of hydrogen-bond donors (Lipinski definition) is 1. The number of carbonyl (C=O) groups excluding carboxylic acids is 1. The van der Waals surface area contributed by atoms with E-state index in [1.165, 1.54) is 19.3 Å². The van der Waals surface area contributed by atoms with Crippen LogP contribution in [0.2, 0.25) is 0 Å². The zero-order valence-electron chi connectivity index (χ0n) is 11.9. The van der Waals surface area contributed by atoms with Crippen LogP contribution in [-0.4, -0.2) is 17.7 Å². The van der Waals surface area contributed by atoms with Crippen LogP contribution in [-0.2, 0) is 16.0 Å². The van der Waals surface area contributed by atoms with Crippen molar-refractivity contribution < 1.29 is 14.6 Å². The molecule has 0 aromatic heterocycles. The number of carbonyl (C=O) groups is 1. The molecule has 0 aliphatic heterocycles. The molecule has 1 N–H and O–H groups in total. The minimum atomic E-state index is -1.16. The van der Waals surface area contributed by atoms with E-state index in [1.54, 1.807) is 13.0 Å². The summed E-state index contributed by atoms with van der Waals surface area (Å²) in [7, 11) is 0. The second kappa shape index (κ2) is 8.70. The first-order valence-corrected chi connectivity index (χ1v) is 7.13. The maximum atomic E-state index is 11.6. The summed E-state index contributed by atoms with van der Waals surface area (Å²) in [6.45, 7) is 4.20. The molecule has 0 heterocycles. The first-order chi connectivity index (χ1) is 9.20. The van der Waals surface area contributed by atoms with Gasteiger partial charge in [0.2, 0.25) is 0 Å². The zero-order valence-corrected chi connectivity index (χ0v) is 11.9. The summed E-state index contributed by atoms with van der Waals surface area (Å²) in [5.41, 5.74) is 1.72. The Morgan fingerprint density at radius 1 is 1.21 bits per heavy atom. The fourth-order valence-electron chi connectivity index (χ4n) is 2.12. The highest BCUT2D eigenvalue weighted by Gasteiger charge is 2.20. The van der Waals surface area contributed by atoms with Crippen LogP contribution < -0.4 is 0 Å². The number of ether oxygens (including phenoxy) is 1. The summed E-state index contributed by atoms with van der Waals surface area (Å²) in [5, 5.41) is 10.0. The molecular formula is C16H24O3. The van der Waals surface area contributed by atoms with E-state index in [-0.39, 0.29) is 6.61 Å². The summed E-state index contributed by atoms with van der Waals surface area (Å²) < 4.78 is 4.87. The van der Waals surface area contributed by atoms with Crippen molar-refractivity contribution in [1.29, 1.82) is 0 Å². The predicted octanol–water partition coefficient (Wildman–Crippen LogP) is 3.41. The van der Waals surface area contributed by atoms with Crippen molar-refractivity contribution >= 4 is 5.97 Å². The summed E-state index contributed by atoms with van der Waals surface area (Å²) in [5.74, 6) is -0.566. The largest absolute Gasteiger partial charge is 0.464 e. The molecule has 0 fully saturated rings. The van der Waals surface area contributed by atoms with Crippen molar-refractivity contribution in [2.45, 2.75) is 52.1 Å². The Morgan fingerprint density at radius 3 is 2.63 bits per heavy atom. The van der Waals surface area contributed by atoms with Crippen LogP contribution in [0.15, 0.2) is 24.3 Å². The molecule has 0 saturated carbocycles. The smallest absolute Gasteiger partial charge is 0.339 e. The van der Waals surface area contributed by atoms with E-state index in [1.807, 2.05) is 18.2 Å². The van der Waals surface area contributed by atoms with Gasteiger partial charge in [-0.15, -0.1) is 0 Å². The van der Waals surface area contributed by atoms with Crippen LogP contribution in [0.5, 0.6) is 0 Å². The van der Waals surface area contributed by atoms with Crippen LogP contribution in [0.3, 0.4) is 0 Å². The first kappa shape index (κ1) is 15.7. The van der Waals surface area contributed by atoms with E-state index in [0.717, 1.165) is 18.4 Å². The normalized spacial score (nSPS) is 12.2. The highest BCUT2D eigenvalue weighted by atomic mass is 16.5. The van der Waals surface area contributed by atoms with Gasteiger partial charge in [0.05, 0.1) is 6.61 Å². The Labute approximate surface area is 115 Å². The molecule has 1 aromatic carbocycles. The molecule has 1 aromatic rings. The molecule has 3 heteroatoms. The van der Waals surface area contributed by atoms with Crippen molar-refractivity contribution in [3.05, 3.63) is 35.4 Å². The maximum absolute atomic E-state index is 11.6. The van der Waals surface area contributed by atoms with Crippen LogP contribution in [0.1, 0.15) is 56.8 Å². The molecule has 1 atom stereocenters. The van der Waals surface area contributed by atoms with Crippen LogP contribution in [0.25, 0.3) is 0 Å². The van der Waals surface area contributed by atoms with Gasteiger partial charge in [-0.1, -0.05) is 50.5 Å². The van der Waals surface area contributed by atoms with E-state index >= 15 is 0 Å². The van der Waals surface area contributed by atoms with Gasteiger partial charge in [-0.2, -0.15) is 0 Å². The van der Waals surface area contributed by atoms with Crippen molar-refractivity contribution in [2.75, 3.05) is 6.61 Å². The van der Waals surface area contributed by atoms with Crippen LogP contribution in [0, 0.1) is 0 Å². The van der Waals surface area contributed by atoms with Gasteiger partial charge in [0, 0.05) is 0 Å². The Hall–Kier alpha value is -1.35. The van der Waals surface area contributed by atoms with Gasteiger partial charge in [0.1, 0.15) is 0 Å². The minimum absolute atomic E-state index is 0.286. The van der Waals surface area contributed by atoms with E-state index in [9.17, 15) is 9.90 Å². The lowest BCUT2D eigenvalue weighted by Crippen LogP contribution is -2.16. The van der Waals surface area contributed by atoms with Gasteiger partial charge in [0.15, 0.2) is 6.10 Å². The third-order valence-corrected chi connectivity index (χ3v) is 3.16. The molecule has 0 aliphatic carbocycles. The quantitative estimate of drug-likeness (QED) is 0.578. The lowest BCUT2D eigenvalue weighted by Gasteiger charge is -2.14. The predicted molar refractivity (Wildman–Crippen MR) is 75.9 cm³/mol. The molecule has 0 radical (unpaired) electrons. The Morgan fingerprint density at radius 2 is 1.95 bits per heavy atom. The fourth-order valence-corrected chi connectivity index (χ4v) is 2.12. The number of rotatable bonds is 8. The second-order valence-corrected chi connectivity index (χ2v) is 4.66. The van der Waals surface area contributed by atoms with Gasteiger partial charge >= 0.3 is 5.97 Å². The van der Waals surface area contributed by atoms with Gasteiger partial charge in [-0.05, 0) is 30.9 Å². The number of aliphatic hydroxyl groups is 1. The van der Waals surface area contributed by atoms with Gasteiger partial charge < -0.3 is 9.84 Å². The fraction of sp³-hybridized carbons (Fsp3) is 0.562. The van der Waals surface area contributed by atoms with Crippen molar-refractivity contribution in [3.63, 3.8) is 0 Å². The van der Waals surface area contributed by atoms with Gasteiger partial charge in [-0.3, -0.25) is 0 Å². The molecule has 0 saturated heterocycles. The summed E-state index contributed by atoms with van der Waals surface area (Å²) in [4.78, 5) is 11.6. The van der Waals surface area contributed by atoms with E-state index in [4.69, 9.17) is 4.74 Å². The molecule has 0 bridgehead atoms. The number of hydrogen-bond acceptors (Lipinski definition) is 3. The topological polar surface area (TPSA) is 46.5 Å². The maximum Gasteiger partial charge on any atom is 0.339 e. The monoisotopic (exact) mass is 264 g/mol. The SMILES string of the molecule is CCCCCCc1ccccc1C(O)C(=O)OCC. The number of unbranched alkanes of at least 4 members (excludes halogenated alkanes) is 3. The van der Waals surface area contributed by atoms with E-state index < -0.39 is 12.1 Å². The lowest BCUT2D eigenvalue weighted by molar-refractivity contribution is -0.153. The molecule has 0 aliphatic rings. The highest BCUT2D eigenvalue weighted by molar-refractivity contribution is 5.76. The molecule has 0 amide bonds. The van der Waals surface area contributed by atoms with Crippen molar-refractivity contribution in [2.24, 2.45) is 0 Å². The molecule has 3 nitrogen and oxygen atoms in total. The Kier molecular flexibility index (Phi) is 7.19. The average Bonchev–Trinajstić information content (AvgIpc) is 2.43. The first-order valence-electron chi connectivity index (χ1n) is 7.13. The van der Waals surface area contributed by atoms with Gasteiger partial charge in [0.25, 0.3) is 0 Å². The summed E-state index contributed by atoms with van der Waals surface area (Å²) >= 11 is 0. The van der Waals surface area contributed by atoms with Gasteiger partial charge in [-0.25, -0.2) is 4.79 Å². The van der Waals surface area contributed by atoms with Crippen molar-refractivity contribution in [3.8, 4) is 0 Å². The zero-order chi connectivity index (χ0) is 14.1. The molecule has 106 valence electrons. The molecular weight excluding hydrogens is 240 g/mol. The third-order valence-electron chi connectivity index (χ3n) is 3.16. The number of aryl methyl sites for hydroxylation is 1. The number of esters is 1. The standard InChI is InChI=1S/C16H24O3/c1-3-5-6-7-10-13-11-8-9-12-14(13)15(17)16(18)19-4-2/h8-9,11-12,15,17H,3-7,10H2,1-2H3. The second-order valence-electron chi connectivity index (χ2n) is 4.66. The third kappa shape index (κ3) is 5.03. The van der Waals surface area contributed by atoms with Crippen molar-refractivity contribution in [1.82, 2.24) is 0 Å². The van der Waals surface area contributed by atoms with E-state index in [2.05, 4.69) is 6.92 Å². The molecule has 0 spiro atoms. The van der Waals surface area contributed by atoms with Crippen LogP contribution >= 0.6 is 0 Å². The highest BCUT2D eigenvalue weighted by Crippen LogP contribution is 2.21. The molecule has 1 unspecified atom stereocenters. The summed E-state index contributed by atoms with van der Waals surface area (Å²) in [6, 6.07) is 7.56. The van der Waals surface area contributed by atoms with E-state index in [0.29, 0.717) is 5.56 Å². The average molecular weight is 264 g/mol. The number of benzene rings is 1. The van der Waals surface area contributed by atoms with Crippen LogP contribution in [0.4, 0.5) is 0 Å². The summed E-state index contributed by atoms with van der Waals surface area (Å²) in [6.07, 6.45) is 4.42. The Balaban J connectivity index is 2.69. The lowest BCUT2D eigenvalue weighted by atomic mass is 9.97. The molecule has 19 heavy (non-hydrogen) atoms. The number of aliphatic hydroxyl groups excluding tert-OH is 1. The Bertz CT molecular complexity index is 387.